The van der Waals surface area contributed by atoms with Crippen molar-refractivity contribution < 1.29 is 9.53 Å². The Balaban J connectivity index is 1.80. The lowest BCUT2D eigenvalue weighted by Gasteiger charge is -2.02. The number of carbonyl (C=O) groups excluding carboxylic acids is 1. The molecule has 1 atom stereocenters. The van der Waals surface area contributed by atoms with Gasteiger partial charge in [0.25, 0.3) is 0 Å². The number of rotatable bonds is 3. The molecule has 0 spiro atoms. The van der Waals surface area contributed by atoms with Crippen molar-refractivity contribution in [3.05, 3.63) is 71.8 Å². The van der Waals surface area contributed by atoms with E-state index in [0.717, 1.165) is 11.1 Å². The largest absolute Gasteiger partial charge is 0.406 e. The summed E-state index contributed by atoms with van der Waals surface area (Å²) in [7, 11) is 0. The second kappa shape index (κ2) is 5.06. The molecule has 0 N–H and O–H groups in total. The predicted molar refractivity (Wildman–Crippen MR) is 73.0 cm³/mol. The summed E-state index contributed by atoms with van der Waals surface area (Å²) in [6.07, 6.45) is 0.579. The Labute approximate surface area is 111 Å². The van der Waals surface area contributed by atoms with Crippen molar-refractivity contribution in [2.45, 2.75) is 12.5 Å². The Kier molecular flexibility index (Phi) is 3.11. The van der Waals surface area contributed by atoms with Crippen LogP contribution >= 0.6 is 0 Å². The second-order valence-electron chi connectivity index (χ2n) is 4.43. The highest BCUT2D eigenvalue weighted by molar-refractivity contribution is 6.06. The SMILES string of the molecule is O=C1OC(c2ccccc2)=N[C@H]1Cc1ccccc1. The molecule has 1 aliphatic rings. The number of esters is 1. The van der Waals surface area contributed by atoms with Crippen LogP contribution in [0, 0.1) is 0 Å². The molecule has 0 radical (unpaired) electrons. The third kappa shape index (κ3) is 2.55. The van der Waals surface area contributed by atoms with Crippen molar-refractivity contribution in [2.75, 3.05) is 0 Å². The van der Waals surface area contributed by atoms with Crippen LogP contribution in [0.5, 0.6) is 0 Å². The number of aliphatic imine (C=N–C) groups is 1. The van der Waals surface area contributed by atoms with Gasteiger partial charge in [-0.1, -0.05) is 48.5 Å². The molecule has 94 valence electrons. The number of carbonyl (C=O) groups is 1. The summed E-state index contributed by atoms with van der Waals surface area (Å²) in [5.74, 6) is 0.147. The van der Waals surface area contributed by atoms with E-state index in [0.29, 0.717) is 12.3 Å². The maximum absolute atomic E-state index is 11.8. The molecule has 0 saturated heterocycles. The molecule has 0 saturated carbocycles. The van der Waals surface area contributed by atoms with E-state index < -0.39 is 6.04 Å². The van der Waals surface area contributed by atoms with Crippen LogP contribution in [0.4, 0.5) is 0 Å². The normalized spacial score (nSPS) is 18.0. The van der Waals surface area contributed by atoms with Gasteiger partial charge in [-0.25, -0.2) is 9.79 Å². The summed E-state index contributed by atoms with van der Waals surface area (Å²) >= 11 is 0. The topological polar surface area (TPSA) is 38.7 Å². The Morgan fingerprint density at radius 3 is 2.26 bits per heavy atom. The summed E-state index contributed by atoms with van der Waals surface area (Å²) in [4.78, 5) is 16.2. The summed E-state index contributed by atoms with van der Waals surface area (Å²) in [6.45, 7) is 0. The van der Waals surface area contributed by atoms with Crippen LogP contribution in [0.2, 0.25) is 0 Å². The van der Waals surface area contributed by atoms with Crippen molar-refractivity contribution in [3.8, 4) is 0 Å². The van der Waals surface area contributed by atoms with Gasteiger partial charge in [0, 0.05) is 12.0 Å². The van der Waals surface area contributed by atoms with Gasteiger partial charge in [-0.05, 0) is 17.7 Å². The molecule has 1 heterocycles. The first kappa shape index (κ1) is 11.7. The Bertz CT molecular complexity index is 605. The van der Waals surface area contributed by atoms with Gasteiger partial charge in [-0.3, -0.25) is 0 Å². The molecular formula is C16H13NO2. The van der Waals surface area contributed by atoms with Crippen LogP contribution in [0.3, 0.4) is 0 Å². The molecule has 0 aromatic heterocycles. The van der Waals surface area contributed by atoms with Crippen LogP contribution in [0.25, 0.3) is 0 Å². The second-order valence-corrected chi connectivity index (χ2v) is 4.43. The highest BCUT2D eigenvalue weighted by Gasteiger charge is 2.29. The fourth-order valence-corrected chi connectivity index (χ4v) is 2.06. The van der Waals surface area contributed by atoms with Gasteiger partial charge in [-0.2, -0.15) is 0 Å². The van der Waals surface area contributed by atoms with Crippen LogP contribution in [-0.2, 0) is 16.0 Å². The van der Waals surface area contributed by atoms with E-state index in [2.05, 4.69) is 4.99 Å². The Morgan fingerprint density at radius 2 is 1.58 bits per heavy atom. The number of nitrogens with zero attached hydrogens (tertiary/aromatic N) is 1. The fourth-order valence-electron chi connectivity index (χ4n) is 2.06. The molecule has 0 fully saturated rings. The van der Waals surface area contributed by atoms with Gasteiger partial charge >= 0.3 is 5.97 Å². The van der Waals surface area contributed by atoms with E-state index in [1.807, 2.05) is 60.7 Å². The zero-order valence-corrected chi connectivity index (χ0v) is 10.3. The zero-order valence-electron chi connectivity index (χ0n) is 10.3. The van der Waals surface area contributed by atoms with Gasteiger partial charge < -0.3 is 4.74 Å². The fraction of sp³-hybridized carbons (Fsp3) is 0.125. The van der Waals surface area contributed by atoms with Crippen LogP contribution in [0.15, 0.2) is 65.7 Å². The first-order valence-corrected chi connectivity index (χ1v) is 6.22. The molecular weight excluding hydrogens is 238 g/mol. The smallest absolute Gasteiger partial charge is 0.338 e. The highest BCUT2D eigenvalue weighted by atomic mass is 16.6. The highest BCUT2D eigenvalue weighted by Crippen LogP contribution is 2.16. The average molecular weight is 251 g/mol. The lowest BCUT2D eigenvalue weighted by Crippen LogP contribution is -2.17. The molecule has 2 aromatic carbocycles. The van der Waals surface area contributed by atoms with Gasteiger partial charge in [0.1, 0.15) is 0 Å². The van der Waals surface area contributed by atoms with E-state index in [-0.39, 0.29) is 5.97 Å². The Hall–Kier alpha value is -2.42. The van der Waals surface area contributed by atoms with Crippen LogP contribution in [0.1, 0.15) is 11.1 Å². The maximum Gasteiger partial charge on any atom is 0.338 e. The average Bonchev–Trinajstić information content (AvgIpc) is 2.82. The summed E-state index contributed by atoms with van der Waals surface area (Å²) in [5, 5.41) is 0. The third-order valence-corrected chi connectivity index (χ3v) is 3.04. The molecule has 3 nitrogen and oxygen atoms in total. The molecule has 19 heavy (non-hydrogen) atoms. The first-order chi connectivity index (χ1) is 9.33. The molecule has 3 rings (SSSR count). The van der Waals surface area contributed by atoms with Crippen molar-refractivity contribution in [1.82, 2.24) is 0 Å². The van der Waals surface area contributed by atoms with Gasteiger partial charge in [0.15, 0.2) is 6.04 Å². The van der Waals surface area contributed by atoms with E-state index in [1.54, 1.807) is 0 Å². The van der Waals surface area contributed by atoms with E-state index in [9.17, 15) is 4.79 Å². The number of hydrogen-bond donors (Lipinski definition) is 0. The van der Waals surface area contributed by atoms with Gasteiger partial charge in [-0.15, -0.1) is 0 Å². The number of ether oxygens (including phenoxy) is 1. The van der Waals surface area contributed by atoms with Gasteiger partial charge in [0.05, 0.1) is 0 Å². The monoisotopic (exact) mass is 251 g/mol. The lowest BCUT2D eigenvalue weighted by molar-refractivity contribution is -0.134. The van der Waals surface area contributed by atoms with Crippen molar-refractivity contribution >= 4 is 11.9 Å². The van der Waals surface area contributed by atoms with Gasteiger partial charge in [0.2, 0.25) is 5.90 Å². The zero-order chi connectivity index (χ0) is 13.1. The molecule has 2 aromatic rings. The first-order valence-electron chi connectivity index (χ1n) is 6.22. The predicted octanol–water partition coefficient (Wildman–Crippen LogP) is 2.60. The Morgan fingerprint density at radius 1 is 0.947 bits per heavy atom. The molecule has 0 unspecified atom stereocenters. The molecule has 1 aliphatic heterocycles. The molecule has 3 heteroatoms. The third-order valence-electron chi connectivity index (χ3n) is 3.04. The summed E-state index contributed by atoms with van der Waals surface area (Å²) in [6, 6.07) is 18.9. The number of benzene rings is 2. The lowest BCUT2D eigenvalue weighted by atomic mass is 10.1. The summed E-state index contributed by atoms with van der Waals surface area (Å²) in [5.41, 5.74) is 1.92. The van der Waals surface area contributed by atoms with E-state index in [4.69, 9.17) is 4.74 Å². The maximum atomic E-state index is 11.8. The summed E-state index contributed by atoms with van der Waals surface area (Å²) < 4.78 is 5.24. The molecule has 0 aliphatic carbocycles. The van der Waals surface area contributed by atoms with E-state index in [1.165, 1.54) is 0 Å². The van der Waals surface area contributed by atoms with Crippen LogP contribution < -0.4 is 0 Å². The quantitative estimate of drug-likeness (QED) is 0.786. The van der Waals surface area contributed by atoms with Crippen LogP contribution in [-0.4, -0.2) is 17.9 Å². The van der Waals surface area contributed by atoms with Crippen molar-refractivity contribution in [1.29, 1.82) is 0 Å². The number of hydrogen-bond acceptors (Lipinski definition) is 3. The standard InChI is InChI=1S/C16H13NO2/c18-16-14(11-12-7-3-1-4-8-12)17-15(19-16)13-9-5-2-6-10-13/h1-10,14H,11H2/t14-/m0/s1. The molecule has 0 amide bonds. The van der Waals surface area contributed by atoms with E-state index >= 15 is 0 Å². The molecule has 0 bridgehead atoms. The van der Waals surface area contributed by atoms with Crippen molar-refractivity contribution in [3.63, 3.8) is 0 Å². The minimum absolute atomic E-state index is 0.275. The van der Waals surface area contributed by atoms with Crippen molar-refractivity contribution in [2.24, 2.45) is 4.99 Å². The number of cyclic esters (lactones) is 1. The minimum Gasteiger partial charge on any atom is -0.406 e. The minimum atomic E-state index is -0.433.